The normalized spacial score (nSPS) is 17.9. The van der Waals surface area contributed by atoms with Crippen molar-refractivity contribution in [2.24, 2.45) is 0 Å². The maximum Gasteiger partial charge on any atom is 0.157 e. The molecule has 4 heteroatoms. The van der Waals surface area contributed by atoms with Gasteiger partial charge in [-0.25, -0.2) is 0 Å². The molecule has 0 aromatic heterocycles. The standard InChI is InChI=1S/C15H23NO2.BrH/c1-3-16(4-2)10-12-7-5-6-11-8-14(17)15(18)9-13(11)12;/h8-9,12,17-18H,3-7,10H2,1-2H3;1H. The molecule has 0 heterocycles. The van der Waals surface area contributed by atoms with Gasteiger partial charge in [-0.3, -0.25) is 0 Å². The Morgan fingerprint density at radius 3 is 2.42 bits per heavy atom. The molecule has 0 spiro atoms. The van der Waals surface area contributed by atoms with E-state index in [0.29, 0.717) is 5.92 Å². The molecular formula is C15H24BrNO2. The van der Waals surface area contributed by atoms with E-state index >= 15 is 0 Å². The van der Waals surface area contributed by atoms with Gasteiger partial charge >= 0.3 is 0 Å². The molecule has 0 aliphatic heterocycles. The first-order valence-corrected chi connectivity index (χ1v) is 6.92. The number of phenolic OH excluding ortho intramolecular Hbond substituents is 2. The summed E-state index contributed by atoms with van der Waals surface area (Å²) in [5.41, 5.74) is 2.43. The van der Waals surface area contributed by atoms with Crippen LogP contribution in [0.5, 0.6) is 11.5 Å². The molecule has 2 N–H and O–H groups in total. The quantitative estimate of drug-likeness (QED) is 0.831. The molecule has 3 nitrogen and oxygen atoms in total. The number of hydrogen-bond donors (Lipinski definition) is 2. The lowest BCUT2D eigenvalue weighted by Gasteiger charge is -2.30. The third-order valence-corrected chi connectivity index (χ3v) is 4.05. The van der Waals surface area contributed by atoms with E-state index in [4.69, 9.17) is 0 Å². The summed E-state index contributed by atoms with van der Waals surface area (Å²) >= 11 is 0. The van der Waals surface area contributed by atoms with Crippen LogP contribution in [-0.2, 0) is 6.42 Å². The van der Waals surface area contributed by atoms with Crippen molar-refractivity contribution in [2.75, 3.05) is 19.6 Å². The first-order valence-electron chi connectivity index (χ1n) is 6.92. The Labute approximate surface area is 126 Å². The van der Waals surface area contributed by atoms with Gasteiger partial charge in [-0.2, -0.15) is 0 Å². The largest absolute Gasteiger partial charge is 0.504 e. The lowest BCUT2D eigenvalue weighted by atomic mass is 9.82. The van der Waals surface area contributed by atoms with E-state index < -0.39 is 0 Å². The summed E-state index contributed by atoms with van der Waals surface area (Å²) in [4.78, 5) is 2.42. The molecule has 1 aliphatic rings. The molecule has 0 fully saturated rings. The molecule has 0 saturated heterocycles. The number of rotatable bonds is 4. The number of aryl methyl sites for hydroxylation is 1. The molecule has 1 aromatic carbocycles. The Morgan fingerprint density at radius 1 is 1.16 bits per heavy atom. The zero-order chi connectivity index (χ0) is 13.1. The second kappa shape index (κ2) is 7.15. The van der Waals surface area contributed by atoms with Gasteiger partial charge in [0.1, 0.15) is 0 Å². The van der Waals surface area contributed by atoms with E-state index in [-0.39, 0.29) is 28.5 Å². The minimum Gasteiger partial charge on any atom is -0.504 e. The zero-order valence-electron chi connectivity index (χ0n) is 11.7. The smallest absolute Gasteiger partial charge is 0.157 e. The van der Waals surface area contributed by atoms with Crippen LogP contribution in [0.2, 0.25) is 0 Å². The summed E-state index contributed by atoms with van der Waals surface area (Å²) in [5, 5.41) is 19.3. The predicted octanol–water partition coefficient (Wildman–Crippen LogP) is 3.44. The van der Waals surface area contributed by atoms with Crippen molar-refractivity contribution in [1.29, 1.82) is 0 Å². The fourth-order valence-electron chi connectivity index (χ4n) is 2.91. The summed E-state index contributed by atoms with van der Waals surface area (Å²) in [6.45, 7) is 7.53. The third kappa shape index (κ3) is 3.63. The molecule has 1 atom stereocenters. The number of hydrogen-bond acceptors (Lipinski definition) is 3. The summed E-state index contributed by atoms with van der Waals surface area (Å²) in [6.07, 6.45) is 3.36. The maximum absolute atomic E-state index is 9.68. The summed E-state index contributed by atoms with van der Waals surface area (Å²) in [5.74, 6) is 0.512. The first-order chi connectivity index (χ1) is 8.65. The highest BCUT2D eigenvalue weighted by Crippen LogP contribution is 2.38. The number of halogens is 1. The number of nitrogens with zero attached hydrogens (tertiary/aromatic N) is 1. The Bertz CT molecular complexity index is 419. The van der Waals surface area contributed by atoms with E-state index in [9.17, 15) is 10.2 Å². The van der Waals surface area contributed by atoms with Crippen molar-refractivity contribution in [3.8, 4) is 11.5 Å². The Kier molecular flexibility index (Phi) is 6.14. The van der Waals surface area contributed by atoms with Gasteiger partial charge in [-0.05, 0) is 61.5 Å². The maximum atomic E-state index is 9.68. The van der Waals surface area contributed by atoms with Crippen LogP contribution in [0.3, 0.4) is 0 Å². The Balaban J connectivity index is 0.00000180. The minimum absolute atomic E-state index is 0. The summed E-state index contributed by atoms with van der Waals surface area (Å²) in [6, 6.07) is 3.50. The van der Waals surface area contributed by atoms with Gasteiger partial charge < -0.3 is 15.1 Å². The molecule has 108 valence electrons. The minimum atomic E-state index is 0. The predicted molar refractivity (Wildman–Crippen MR) is 83.6 cm³/mol. The van der Waals surface area contributed by atoms with Crippen LogP contribution in [0.25, 0.3) is 0 Å². The lowest BCUT2D eigenvalue weighted by molar-refractivity contribution is 0.271. The molecule has 1 aliphatic carbocycles. The fourth-order valence-corrected chi connectivity index (χ4v) is 2.91. The van der Waals surface area contributed by atoms with E-state index in [1.807, 2.05) is 0 Å². The van der Waals surface area contributed by atoms with E-state index in [1.54, 1.807) is 12.1 Å². The van der Waals surface area contributed by atoms with Crippen molar-refractivity contribution in [1.82, 2.24) is 4.90 Å². The van der Waals surface area contributed by atoms with Gasteiger partial charge in [0.25, 0.3) is 0 Å². The lowest BCUT2D eigenvalue weighted by Crippen LogP contribution is -2.29. The monoisotopic (exact) mass is 329 g/mol. The highest BCUT2D eigenvalue weighted by atomic mass is 79.9. The van der Waals surface area contributed by atoms with E-state index in [2.05, 4.69) is 18.7 Å². The van der Waals surface area contributed by atoms with Gasteiger partial charge in [-0.15, -0.1) is 17.0 Å². The van der Waals surface area contributed by atoms with Crippen LogP contribution in [-0.4, -0.2) is 34.7 Å². The van der Waals surface area contributed by atoms with Crippen LogP contribution in [0.1, 0.15) is 43.7 Å². The van der Waals surface area contributed by atoms with Crippen molar-refractivity contribution < 1.29 is 10.2 Å². The number of likely N-dealkylation sites (N-methyl/N-ethyl adjacent to an activating group) is 1. The number of aromatic hydroxyl groups is 2. The molecule has 0 amide bonds. The number of phenols is 2. The van der Waals surface area contributed by atoms with Crippen LogP contribution < -0.4 is 0 Å². The molecular weight excluding hydrogens is 306 g/mol. The summed E-state index contributed by atoms with van der Waals surface area (Å²) < 4.78 is 0. The SMILES string of the molecule is Br.CCN(CC)CC1CCCc2cc(O)c(O)cc21. The topological polar surface area (TPSA) is 43.7 Å². The molecule has 0 radical (unpaired) electrons. The highest BCUT2D eigenvalue weighted by molar-refractivity contribution is 8.93. The van der Waals surface area contributed by atoms with Gasteiger partial charge in [0.05, 0.1) is 0 Å². The van der Waals surface area contributed by atoms with E-state index in [1.165, 1.54) is 24.0 Å². The van der Waals surface area contributed by atoms with Crippen molar-refractivity contribution in [3.05, 3.63) is 23.3 Å². The van der Waals surface area contributed by atoms with Crippen LogP contribution in [0.15, 0.2) is 12.1 Å². The van der Waals surface area contributed by atoms with Gasteiger partial charge in [-0.1, -0.05) is 13.8 Å². The first kappa shape index (κ1) is 16.3. The Morgan fingerprint density at radius 2 is 1.79 bits per heavy atom. The van der Waals surface area contributed by atoms with Crippen molar-refractivity contribution in [3.63, 3.8) is 0 Å². The van der Waals surface area contributed by atoms with Crippen molar-refractivity contribution >= 4 is 17.0 Å². The molecule has 1 aromatic rings. The fraction of sp³-hybridized carbons (Fsp3) is 0.600. The molecule has 19 heavy (non-hydrogen) atoms. The second-order valence-corrected chi connectivity index (χ2v) is 5.11. The average Bonchev–Trinajstić information content (AvgIpc) is 2.37. The third-order valence-electron chi connectivity index (χ3n) is 4.05. The number of fused-ring (bicyclic) bond motifs is 1. The summed E-state index contributed by atoms with van der Waals surface area (Å²) in [7, 11) is 0. The van der Waals surface area contributed by atoms with Crippen LogP contribution in [0, 0.1) is 0 Å². The Hall–Kier alpha value is -0.740. The molecule has 0 saturated carbocycles. The molecule has 2 rings (SSSR count). The van der Waals surface area contributed by atoms with Crippen LogP contribution in [0.4, 0.5) is 0 Å². The number of benzene rings is 1. The van der Waals surface area contributed by atoms with E-state index in [0.717, 1.165) is 26.1 Å². The average molecular weight is 330 g/mol. The molecule has 0 bridgehead atoms. The zero-order valence-corrected chi connectivity index (χ0v) is 13.4. The highest BCUT2D eigenvalue weighted by Gasteiger charge is 2.23. The second-order valence-electron chi connectivity index (χ2n) is 5.11. The van der Waals surface area contributed by atoms with Crippen molar-refractivity contribution in [2.45, 2.75) is 39.0 Å². The van der Waals surface area contributed by atoms with Crippen LogP contribution >= 0.6 is 17.0 Å². The van der Waals surface area contributed by atoms with Gasteiger partial charge in [0.2, 0.25) is 0 Å². The molecule has 1 unspecified atom stereocenters. The van der Waals surface area contributed by atoms with Gasteiger partial charge in [0, 0.05) is 6.54 Å². The van der Waals surface area contributed by atoms with Gasteiger partial charge in [0.15, 0.2) is 11.5 Å².